The van der Waals surface area contributed by atoms with Crippen molar-refractivity contribution in [3.63, 3.8) is 0 Å². The molecule has 0 aliphatic heterocycles. The third kappa shape index (κ3) is 6.81. The lowest BCUT2D eigenvalue weighted by Gasteiger charge is -2.18. The van der Waals surface area contributed by atoms with Crippen LogP contribution in [0.2, 0.25) is 0 Å². The van der Waals surface area contributed by atoms with E-state index in [2.05, 4.69) is 16.0 Å². The van der Waals surface area contributed by atoms with Crippen LogP contribution < -0.4 is 21.9 Å². The van der Waals surface area contributed by atoms with E-state index < -0.39 is 5.79 Å². The Bertz CT molecular complexity index is 563. The molecular formula is C17H27N5O. The lowest BCUT2D eigenvalue weighted by atomic mass is 10.0. The number of benzene rings is 1. The molecule has 2 aromatic rings. The highest BCUT2D eigenvalue weighted by Crippen LogP contribution is 2.21. The number of aromatic amines is 1. The lowest BCUT2D eigenvalue weighted by Crippen LogP contribution is -2.57. The van der Waals surface area contributed by atoms with Crippen LogP contribution in [0.25, 0.3) is 0 Å². The van der Waals surface area contributed by atoms with Crippen LogP contribution >= 0.6 is 0 Å². The monoisotopic (exact) mass is 317 g/mol. The Hall–Kier alpha value is -1.89. The Kier molecular flexibility index (Phi) is 6.58. The molecule has 0 aliphatic carbocycles. The first-order valence-electron chi connectivity index (χ1n) is 8.10. The molecule has 23 heavy (non-hydrogen) atoms. The summed E-state index contributed by atoms with van der Waals surface area (Å²) in [5.74, 6) is 0.879. The highest BCUT2D eigenvalue weighted by Gasteiger charge is 2.11. The molecule has 1 heterocycles. The fourth-order valence-electron chi connectivity index (χ4n) is 2.45. The van der Waals surface area contributed by atoms with Crippen LogP contribution in [0.5, 0.6) is 5.75 Å². The summed E-state index contributed by atoms with van der Waals surface area (Å²) in [4.78, 5) is 7.30. The van der Waals surface area contributed by atoms with Gasteiger partial charge in [0.25, 0.3) is 0 Å². The quantitative estimate of drug-likeness (QED) is 0.393. The van der Waals surface area contributed by atoms with Crippen molar-refractivity contribution in [2.75, 3.05) is 6.61 Å². The van der Waals surface area contributed by atoms with Crippen LogP contribution in [-0.2, 0) is 12.8 Å². The van der Waals surface area contributed by atoms with Gasteiger partial charge in [0.15, 0.2) is 0 Å². The number of unbranched alkanes of at least 4 members (excludes halogenated alkanes) is 1. The van der Waals surface area contributed by atoms with E-state index in [9.17, 15) is 0 Å². The van der Waals surface area contributed by atoms with E-state index in [1.807, 2.05) is 24.4 Å². The second-order valence-electron chi connectivity index (χ2n) is 5.92. The normalized spacial score (nSPS) is 11.6. The molecule has 0 saturated heterocycles. The third-order valence-corrected chi connectivity index (χ3v) is 3.65. The maximum absolute atomic E-state index is 5.92. The minimum atomic E-state index is -1.07. The average Bonchev–Trinajstić information content (AvgIpc) is 3.01. The smallest absolute Gasteiger partial charge is 0.122 e. The van der Waals surface area contributed by atoms with Crippen LogP contribution in [0.15, 0.2) is 36.7 Å². The highest BCUT2D eigenvalue weighted by molar-refractivity contribution is 5.33. The number of nitrogens with two attached hydrogens (primary N) is 3. The van der Waals surface area contributed by atoms with Crippen molar-refractivity contribution in [2.45, 2.75) is 44.3 Å². The molecule has 6 nitrogen and oxygen atoms in total. The van der Waals surface area contributed by atoms with Gasteiger partial charge in [-0.2, -0.15) is 0 Å². The molecule has 6 heteroatoms. The minimum Gasteiger partial charge on any atom is -0.493 e. The molecule has 0 unspecified atom stereocenters. The zero-order chi connectivity index (χ0) is 16.5. The minimum absolute atomic E-state index is 0.610. The molecule has 0 fully saturated rings. The first-order valence-corrected chi connectivity index (χ1v) is 8.10. The average molecular weight is 317 g/mol. The third-order valence-electron chi connectivity index (χ3n) is 3.65. The summed E-state index contributed by atoms with van der Waals surface area (Å²) in [6, 6.07) is 8.14. The van der Waals surface area contributed by atoms with E-state index >= 15 is 0 Å². The van der Waals surface area contributed by atoms with Gasteiger partial charge in [-0.25, -0.2) is 4.98 Å². The standard InChI is InChI=1S/C17H27N5O/c18-17(19,20)10-4-3-7-14-6-1-2-8-15(14)23-13-5-9-16-21-11-12-22-16/h1-2,6,8,11-12H,3-5,7,9-10,13,18-20H2,(H,21,22). The fraction of sp³-hybridized carbons (Fsp3) is 0.471. The van der Waals surface area contributed by atoms with Crippen molar-refractivity contribution in [3.05, 3.63) is 48.0 Å². The van der Waals surface area contributed by atoms with Gasteiger partial charge in [-0.05, 0) is 43.7 Å². The number of aromatic nitrogens is 2. The van der Waals surface area contributed by atoms with Gasteiger partial charge in [0.05, 0.1) is 6.61 Å². The van der Waals surface area contributed by atoms with Gasteiger partial charge < -0.3 is 26.9 Å². The number of aryl methyl sites for hydroxylation is 2. The zero-order valence-electron chi connectivity index (χ0n) is 13.5. The van der Waals surface area contributed by atoms with Crippen molar-refractivity contribution in [1.29, 1.82) is 0 Å². The molecule has 0 atom stereocenters. The van der Waals surface area contributed by atoms with Gasteiger partial charge in [0.2, 0.25) is 0 Å². The molecule has 126 valence electrons. The number of hydrogen-bond acceptors (Lipinski definition) is 5. The Balaban J connectivity index is 1.73. The summed E-state index contributed by atoms with van der Waals surface area (Å²) in [6.07, 6.45) is 8.85. The zero-order valence-corrected chi connectivity index (χ0v) is 13.5. The van der Waals surface area contributed by atoms with Crippen molar-refractivity contribution < 1.29 is 4.74 Å². The largest absolute Gasteiger partial charge is 0.493 e. The Morgan fingerprint density at radius 1 is 1.04 bits per heavy atom. The summed E-state index contributed by atoms with van der Waals surface area (Å²) in [7, 11) is 0. The predicted molar refractivity (Wildman–Crippen MR) is 91.7 cm³/mol. The SMILES string of the molecule is NC(N)(N)CCCCc1ccccc1OCCCc1ncc[nH]1. The molecule has 0 saturated carbocycles. The number of imidazole rings is 1. The van der Waals surface area contributed by atoms with Crippen LogP contribution in [-0.4, -0.2) is 22.4 Å². The summed E-state index contributed by atoms with van der Waals surface area (Å²) in [5, 5.41) is 0. The van der Waals surface area contributed by atoms with Crippen molar-refractivity contribution in [3.8, 4) is 5.75 Å². The molecule has 1 aromatic heterocycles. The maximum Gasteiger partial charge on any atom is 0.122 e. The van der Waals surface area contributed by atoms with Crippen LogP contribution in [0.3, 0.4) is 0 Å². The van der Waals surface area contributed by atoms with E-state index in [-0.39, 0.29) is 0 Å². The molecule has 1 aromatic carbocycles. The summed E-state index contributed by atoms with van der Waals surface area (Å²) < 4.78 is 5.92. The first kappa shape index (κ1) is 17.5. The highest BCUT2D eigenvalue weighted by atomic mass is 16.5. The van der Waals surface area contributed by atoms with Gasteiger partial charge in [-0.1, -0.05) is 18.2 Å². The van der Waals surface area contributed by atoms with Gasteiger partial charge in [0.1, 0.15) is 17.4 Å². The second-order valence-corrected chi connectivity index (χ2v) is 5.92. The van der Waals surface area contributed by atoms with Gasteiger partial charge in [-0.3, -0.25) is 0 Å². The summed E-state index contributed by atoms with van der Waals surface area (Å²) in [6.45, 7) is 0.676. The number of ether oxygens (including phenoxy) is 1. The first-order chi connectivity index (χ1) is 11.0. The molecular weight excluding hydrogens is 290 g/mol. The fourth-order valence-corrected chi connectivity index (χ4v) is 2.45. The van der Waals surface area contributed by atoms with E-state index in [1.54, 1.807) is 6.20 Å². The maximum atomic E-state index is 5.92. The van der Waals surface area contributed by atoms with Gasteiger partial charge in [-0.15, -0.1) is 0 Å². The van der Waals surface area contributed by atoms with Crippen molar-refractivity contribution >= 4 is 0 Å². The molecule has 0 amide bonds. The molecule has 0 aliphatic rings. The molecule has 0 spiro atoms. The van der Waals surface area contributed by atoms with E-state index in [0.29, 0.717) is 13.0 Å². The molecule has 0 bridgehead atoms. The van der Waals surface area contributed by atoms with Crippen LogP contribution in [0.1, 0.15) is 37.1 Å². The number of H-pyrrole nitrogens is 1. The van der Waals surface area contributed by atoms with E-state index in [0.717, 1.165) is 43.7 Å². The molecule has 2 rings (SSSR count). The van der Waals surface area contributed by atoms with Crippen molar-refractivity contribution in [1.82, 2.24) is 9.97 Å². The number of rotatable bonds is 10. The van der Waals surface area contributed by atoms with Crippen LogP contribution in [0.4, 0.5) is 0 Å². The Morgan fingerprint density at radius 3 is 2.61 bits per heavy atom. The molecule has 7 N–H and O–H groups in total. The Morgan fingerprint density at radius 2 is 1.87 bits per heavy atom. The summed E-state index contributed by atoms with van der Waals surface area (Å²) in [5.41, 5.74) is 18.0. The Labute approximate surface area is 137 Å². The lowest BCUT2D eigenvalue weighted by molar-refractivity contribution is 0.306. The van der Waals surface area contributed by atoms with E-state index in [1.165, 1.54) is 5.56 Å². The number of nitrogens with zero attached hydrogens (tertiary/aromatic N) is 1. The number of nitrogens with one attached hydrogen (secondary N) is 1. The summed E-state index contributed by atoms with van der Waals surface area (Å²) >= 11 is 0. The topological polar surface area (TPSA) is 116 Å². The van der Waals surface area contributed by atoms with E-state index in [4.69, 9.17) is 21.9 Å². The molecule has 0 radical (unpaired) electrons. The predicted octanol–water partition coefficient (Wildman–Crippen LogP) is 1.66. The van der Waals surface area contributed by atoms with Crippen LogP contribution in [0, 0.1) is 0 Å². The van der Waals surface area contributed by atoms with Gasteiger partial charge >= 0.3 is 0 Å². The number of hydrogen-bond donors (Lipinski definition) is 4. The number of para-hydroxylation sites is 1. The van der Waals surface area contributed by atoms with Gasteiger partial charge in [0, 0.05) is 18.8 Å². The van der Waals surface area contributed by atoms with Crippen molar-refractivity contribution in [2.24, 2.45) is 17.2 Å². The second kappa shape index (κ2) is 8.67.